The van der Waals surface area contributed by atoms with Gasteiger partial charge in [0, 0.05) is 57.1 Å². The van der Waals surface area contributed by atoms with Crippen LogP contribution in [-0.4, -0.2) is 0 Å². The molecule has 0 aliphatic carbocycles. The van der Waals surface area contributed by atoms with Crippen molar-refractivity contribution in [3.8, 4) is 22.3 Å². The van der Waals surface area contributed by atoms with E-state index in [1.165, 1.54) is 89.8 Å². The number of thiophene rings is 2. The summed E-state index contributed by atoms with van der Waals surface area (Å²) in [6, 6.07) is 69.1. The van der Waals surface area contributed by atoms with Gasteiger partial charge in [0.1, 0.15) is 0 Å². The number of fused-ring (bicyclic) bond motifs is 9. The number of hydrogen-bond acceptors (Lipinski definition) is 3. The zero-order valence-electron chi connectivity index (χ0n) is 28.7. The van der Waals surface area contributed by atoms with E-state index in [0.29, 0.717) is 0 Å². The van der Waals surface area contributed by atoms with Gasteiger partial charge < -0.3 is 4.90 Å². The Morgan fingerprint density at radius 3 is 1.66 bits per heavy atom. The minimum absolute atomic E-state index is 1.13. The molecule has 0 radical (unpaired) electrons. The molecule has 248 valence electrons. The van der Waals surface area contributed by atoms with E-state index in [-0.39, 0.29) is 0 Å². The molecule has 1 nitrogen and oxygen atoms in total. The fraction of sp³-hybridized carbons (Fsp3) is 0. The highest BCUT2D eigenvalue weighted by Crippen LogP contribution is 2.46. The van der Waals surface area contributed by atoms with Gasteiger partial charge in [0.15, 0.2) is 0 Å². The molecule has 11 aromatic rings. The standard InChI is InChI=1S/C50H31NS2/c1-2-13-38-32(10-1)11-7-16-39(38)33-22-27-36(28-23-33)51(44-18-9-21-47-49(44)43-15-4-6-20-46(43)52-47)37-29-24-34(25-30-37)40-17-8-12-35-26-31-42-41-14-3-5-19-45(41)53-50(42)48(35)40/h1-31H. The third-order valence-corrected chi connectivity index (χ3v) is 13.0. The second-order valence-electron chi connectivity index (χ2n) is 13.6. The number of anilines is 3. The van der Waals surface area contributed by atoms with Crippen LogP contribution in [0.5, 0.6) is 0 Å². The van der Waals surface area contributed by atoms with Crippen LogP contribution >= 0.6 is 22.7 Å². The highest BCUT2D eigenvalue weighted by atomic mass is 32.1. The maximum absolute atomic E-state index is 2.44. The first kappa shape index (κ1) is 30.4. The summed E-state index contributed by atoms with van der Waals surface area (Å²) in [4.78, 5) is 2.44. The second kappa shape index (κ2) is 12.2. The first-order valence-corrected chi connectivity index (χ1v) is 19.6. The monoisotopic (exact) mass is 709 g/mol. The van der Waals surface area contributed by atoms with Gasteiger partial charge >= 0.3 is 0 Å². The lowest BCUT2D eigenvalue weighted by Gasteiger charge is -2.27. The molecule has 11 rings (SSSR count). The van der Waals surface area contributed by atoms with Crippen LogP contribution < -0.4 is 4.90 Å². The Labute approximate surface area is 315 Å². The van der Waals surface area contributed by atoms with Gasteiger partial charge in [-0.15, -0.1) is 22.7 Å². The lowest BCUT2D eigenvalue weighted by Crippen LogP contribution is -2.10. The van der Waals surface area contributed by atoms with Crippen LogP contribution in [0.25, 0.3) is 84.1 Å². The Kier molecular flexibility index (Phi) is 6.97. The third kappa shape index (κ3) is 4.89. The molecule has 9 aromatic carbocycles. The summed E-state index contributed by atoms with van der Waals surface area (Å²) in [6.45, 7) is 0. The van der Waals surface area contributed by atoms with E-state index >= 15 is 0 Å². The van der Waals surface area contributed by atoms with E-state index in [9.17, 15) is 0 Å². The molecule has 0 aliphatic heterocycles. The van der Waals surface area contributed by atoms with Gasteiger partial charge in [-0.25, -0.2) is 0 Å². The lowest BCUT2D eigenvalue weighted by molar-refractivity contribution is 1.30. The van der Waals surface area contributed by atoms with Crippen molar-refractivity contribution in [2.45, 2.75) is 0 Å². The Morgan fingerprint density at radius 2 is 0.887 bits per heavy atom. The highest BCUT2D eigenvalue weighted by molar-refractivity contribution is 7.27. The molecule has 0 spiro atoms. The van der Waals surface area contributed by atoms with Gasteiger partial charge in [0.2, 0.25) is 0 Å². The summed E-state index contributed by atoms with van der Waals surface area (Å²) in [6.07, 6.45) is 0. The maximum Gasteiger partial charge on any atom is 0.0554 e. The van der Waals surface area contributed by atoms with Crippen LogP contribution in [0.3, 0.4) is 0 Å². The molecule has 0 saturated heterocycles. The highest BCUT2D eigenvalue weighted by Gasteiger charge is 2.20. The van der Waals surface area contributed by atoms with E-state index in [2.05, 4.69) is 193 Å². The normalized spacial score (nSPS) is 11.8. The van der Waals surface area contributed by atoms with Crippen LogP contribution in [0.4, 0.5) is 17.1 Å². The minimum atomic E-state index is 1.13. The summed E-state index contributed by atoms with van der Waals surface area (Å²) >= 11 is 3.76. The largest absolute Gasteiger partial charge is 0.310 e. The van der Waals surface area contributed by atoms with Gasteiger partial charge in [0.25, 0.3) is 0 Å². The van der Waals surface area contributed by atoms with Gasteiger partial charge in [0.05, 0.1) is 5.69 Å². The molecule has 0 aliphatic rings. The number of hydrogen-bond donors (Lipinski definition) is 0. The van der Waals surface area contributed by atoms with Crippen molar-refractivity contribution in [3.63, 3.8) is 0 Å². The molecule has 2 aromatic heterocycles. The molecule has 53 heavy (non-hydrogen) atoms. The zero-order chi connectivity index (χ0) is 34.9. The molecular formula is C50H31NS2. The van der Waals surface area contributed by atoms with Gasteiger partial charge in [-0.1, -0.05) is 140 Å². The van der Waals surface area contributed by atoms with Crippen molar-refractivity contribution < 1.29 is 0 Å². The molecule has 0 amide bonds. The first-order chi connectivity index (χ1) is 26.3. The summed E-state index contributed by atoms with van der Waals surface area (Å²) in [5, 5.41) is 10.4. The SMILES string of the molecule is c1ccc2c(-c3ccc(N(c4ccc(-c5cccc6ccc7c8ccccc8sc7c56)cc4)c4cccc5sc6ccccc6c45)cc3)cccc2c1. The third-order valence-electron chi connectivity index (χ3n) is 10.7. The Balaban J connectivity index is 1.08. The van der Waals surface area contributed by atoms with Gasteiger partial charge in [-0.3, -0.25) is 0 Å². The van der Waals surface area contributed by atoms with Crippen molar-refractivity contribution in [3.05, 3.63) is 188 Å². The van der Waals surface area contributed by atoms with Crippen LogP contribution in [0.2, 0.25) is 0 Å². The summed E-state index contributed by atoms with van der Waals surface area (Å²) in [7, 11) is 0. The Hall–Kier alpha value is -6.26. The van der Waals surface area contributed by atoms with Crippen LogP contribution in [0.1, 0.15) is 0 Å². The minimum Gasteiger partial charge on any atom is -0.310 e. The van der Waals surface area contributed by atoms with Gasteiger partial charge in [-0.2, -0.15) is 0 Å². The van der Waals surface area contributed by atoms with E-state index < -0.39 is 0 Å². The van der Waals surface area contributed by atoms with E-state index in [1.54, 1.807) is 0 Å². The summed E-state index contributed by atoms with van der Waals surface area (Å²) < 4.78 is 5.28. The first-order valence-electron chi connectivity index (χ1n) is 18.0. The van der Waals surface area contributed by atoms with Crippen molar-refractivity contribution in [1.29, 1.82) is 0 Å². The molecule has 0 atom stereocenters. The molecule has 0 N–H and O–H groups in total. The molecule has 0 saturated carbocycles. The van der Waals surface area contributed by atoms with Crippen molar-refractivity contribution in [1.82, 2.24) is 0 Å². The average molecular weight is 710 g/mol. The molecule has 0 bridgehead atoms. The average Bonchev–Trinajstić information content (AvgIpc) is 3.80. The number of rotatable bonds is 5. The second-order valence-corrected chi connectivity index (χ2v) is 15.8. The maximum atomic E-state index is 2.44. The molecule has 3 heteroatoms. The molecular weight excluding hydrogens is 679 g/mol. The van der Waals surface area contributed by atoms with Crippen LogP contribution in [0.15, 0.2) is 188 Å². The lowest BCUT2D eigenvalue weighted by atomic mass is 9.96. The van der Waals surface area contributed by atoms with Crippen LogP contribution in [0, 0.1) is 0 Å². The van der Waals surface area contributed by atoms with Crippen molar-refractivity contribution in [2.24, 2.45) is 0 Å². The summed E-state index contributed by atoms with van der Waals surface area (Å²) in [5.74, 6) is 0. The van der Waals surface area contributed by atoms with Crippen molar-refractivity contribution in [2.75, 3.05) is 4.90 Å². The fourth-order valence-electron chi connectivity index (χ4n) is 8.22. The number of nitrogens with zero attached hydrogens (tertiary/aromatic N) is 1. The fourth-order valence-corrected chi connectivity index (χ4v) is 10.6. The summed E-state index contributed by atoms with van der Waals surface area (Å²) in [5.41, 5.74) is 8.38. The Bertz CT molecular complexity index is 3160. The molecule has 2 heterocycles. The van der Waals surface area contributed by atoms with E-state index in [1.807, 2.05) is 22.7 Å². The van der Waals surface area contributed by atoms with Gasteiger partial charge in [-0.05, 0) is 86.9 Å². The molecule has 0 fully saturated rings. The van der Waals surface area contributed by atoms with E-state index in [4.69, 9.17) is 0 Å². The van der Waals surface area contributed by atoms with Crippen LogP contribution in [-0.2, 0) is 0 Å². The Morgan fingerprint density at radius 1 is 0.321 bits per heavy atom. The quantitative estimate of drug-likeness (QED) is 0.172. The predicted octanol–water partition coefficient (Wildman–Crippen LogP) is 15.5. The van der Waals surface area contributed by atoms with Crippen molar-refractivity contribution >= 4 is 102 Å². The zero-order valence-corrected chi connectivity index (χ0v) is 30.3. The topological polar surface area (TPSA) is 3.24 Å². The van der Waals surface area contributed by atoms with E-state index in [0.717, 1.165) is 11.4 Å². The number of benzene rings is 9. The predicted molar refractivity (Wildman–Crippen MR) is 233 cm³/mol. The smallest absolute Gasteiger partial charge is 0.0554 e. The molecule has 0 unspecified atom stereocenters.